The minimum Gasteiger partial charge on any atom is -0.490 e. The molecule has 5 aliphatic carbocycles. The molecule has 8 aliphatic rings. The lowest BCUT2D eigenvalue weighted by Gasteiger charge is -2.54. The van der Waals surface area contributed by atoms with Gasteiger partial charge in [0.05, 0.1) is 11.2 Å². The smallest absolute Gasteiger partial charge is 0.131 e. The zero-order valence-electron chi connectivity index (χ0n) is 31.8. The number of benzene rings is 1. The van der Waals surface area contributed by atoms with E-state index in [1.54, 1.807) is 27.1 Å². The van der Waals surface area contributed by atoms with Gasteiger partial charge in [-0.1, -0.05) is 43.4 Å². The van der Waals surface area contributed by atoms with Gasteiger partial charge in [0, 0.05) is 56.8 Å². The van der Waals surface area contributed by atoms with Crippen molar-refractivity contribution in [1.82, 2.24) is 5.32 Å². The van der Waals surface area contributed by atoms with Gasteiger partial charge in [-0.3, -0.25) is 0 Å². The standard InChI is InChI=1S/C48H52N2O2S2/c1-27-13-18-40-38(23-27)48(37-17-15-30(25-42(37)52-40)33-8-6-12-44-47(33)34-20-22-50-26-45(34)54-44)35-9-3-4-10-39(35)51-41-24-29(14-16-36(41)48)32-7-5-11-43-46(32)31(19-21-49)28(2)53-43/h3-5,9,11,15,17,19,21,25,27,29,32-33,39,50H,6-8,10,12-14,16,18,20,22-24,26,49H2,1-2H3/b21-19-. The lowest BCUT2D eigenvalue weighted by Crippen LogP contribution is -2.48. The van der Waals surface area contributed by atoms with Crippen LogP contribution in [0.5, 0.6) is 5.75 Å². The number of aryl methyl sites for hydroxylation is 2. The molecule has 6 unspecified atom stereocenters. The summed E-state index contributed by atoms with van der Waals surface area (Å²) in [6, 6.07) is 7.54. The molecule has 2 aromatic heterocycles. The highest BCUT2D eigenvalue weighted by Crippen LogP contribution is 2.64. The number of hydrogen-bond acceptors (Lipinski definition) is 6. The van der Waals surface area contributed by atoms with Crippen LogP contribution in [0.1, 0.15) is 136 Å². The SMILES string of the molecule is Cc1sc2c(c1/C=C\N)C(C1CCC3=C(C1)OC1CC=CC=C1C31C3=C(CCC(C)C3)Oc3cc(C4CCCc5sc6c(c54)CCNC6)ccc31)CC=C2. The van der Waals surface area contributed by atoms with Crippen molar-refractivity contribution in [3.63, 3.8) is 0 Å². The summed E-state index contributed by atoms with van der Waals surface area (Å²) in [5.41, 5.74) is 19.3. The van der Waals surface area contributed by atoms with Crippen LogP contribution < -0.4 is 15.8 Å². The largest absolute Gasteiger partial charge is 0.490 e. The molecule has 0 fully saturated rings. The first-order valence-corrected chi connectivity index (χ1v) is 22.5. The van der Waals surface area contributed by atoms with Gasteiger partial charge in [0.25, 0.3) is 0 Å². The van der Waals surface area contributed by atoms with Gasteiger partial charge in [-0.15, -0.1) is 22.7 Å². The number of thiophene rings is 2. The van der Waals surface area contributed by atoms with Gasteiger partial charge in [-0.05, 0) is 158 Å². The first-order valence-electron chi connectivity index (χ1n) is 20.9. The highest BCUT2D eigenvalue weighted by Gasteiger charge is 2.57. The summed E-state index contributed by atoms with van der Waals surface area (Å²) in [7, 11) is 0. The summed E-state index contributed by atoms with van der Waals surface area (Å²) in [6.45, 7) is 6.84. The maximum atomic E-state index is 7.28. The second-order valence-electron chi connectivity index (χ2n) is 17.3. The number of fused-ring (bicyclic) bond motifs is 10. The summed E-state index contributed by atoms with van der Waals surface area (Å²) in [6.07, 6.45) is 29.2. The van der Waals surface area contributed by atoms with E-state index < -0.39 is 0 Å². The number of nitrogens with two attached hydrogens (primary N) is 1. The second kappa shape index (κ2) is 13.0. The Labute approximate surface area is 328 Å². The van der Waals surface area contributed by atoms with E-state index in [1.165, 1.54) is 92.3 Å². The fourth-order valence-corrected chi connectivity index (χ4v) is 14.7. The molecule has 0 saturated heterocycles. The Morgan fingerprint density at radius 2 is 1.89 bits per heavy atom. The topological polar surface area (TPSA) is 56.5 Å². The third-order valence-corrected chi connectivity index (χ3v) is 16.8. The number of hydrogen-bond donors (Lipinski definition) is 2. The predicted octanol–water partition coefficient (Wildman–Crippen LogP) is 11.4. The number of ether oxygens (including phenoxy) is 2. The molecule has 1 spiro atoms. The predicted molar refractivity (Wildman–Crippen MR) is 223 cm³/mol. The van der Waals surface area contributed by atoms with Crippen LogP contribution in [0.25, 0.3) is 12.2 Å². The molecule has 11 rings (SSSR count). The lowest BCUT2D eigenvalue weighted by molar-refractivity contribution is 0.0854. The molecule has 54 heavy (non-hydrogen) atoms. The Hall–Kier alpha value is -3.58. The van der Waals surface area contributed by atoms with Crippen molar-refractivity contribution in [1.29, 1.82) is 0 Å². The Bertz CT molecular complexity index is 2260. The Balaban J connectivity index is 1.06. The maximum Gasteiger partial charge on any atom is 0.131 e. The van der Waals surface area contributed by atoms with E-state index in [0.717, 1.165) is 63.8 Å². The van der Waals surface area contributed by atoms with Crippen molar-refractivity contribution in [2.24, 2.45) is 17.6 Å². The summed E-state index contributed by atoms with van der Waals surface area (Å²) in [5, 5.41) is 3.64. The van der Waals surface area contributed by atoms with Gasteiger partial charge >= 0.3 is 0 Å². The van der Waals surface area contributed by atoms with Crippen molar-refractivity contribution in [2.75, 3.05) is 6.54 Å². The molecule has 278 valence electrons. The monoisotopic (exact) mass is 752 g/mol. The molecule has 1 aromatic carbocycles. The lowest BCUT2D eigenvalue weighted by atomic mass is 9.54. The third-order valence-electron chi connectivity index (χ3n) is 14.4. The van der Waals surface area contributed by atoms with Gasteiger partial charge in [-0.25, -0.2) is 0 Å². The van der Waals surface area contributed by atoms with Crippen molar-refractivity contribution in [3.8, 4) is 5.75 Å². The van der Waals surface area contributed by atoms with Crippen molar-refractivity contribution >= 4 is 34.8 Å². The van der Waals surface area contributed by atoms with Gasteiger partial charge < -0.3 is 20.5 Å². The molecule has 6 heteroatoms. The molecule has 3 N–H and O–H groups in total. The van der Waals surface area contributed by atoms with Gasteiger partial charge in [0.2, 0.25) is 0 Å². The van der Waals surface area contributed by atoms with Crippen LogP contribution in [-0.4, -0.2) is 12.6 Å². The van der Waals surface area contributed by atoms with Crippen LogP contribution in [0.2, 0.25) is 0 Å². The molecular formula is C48H52N2O2S2. The van der Waals surface area contributed by atoms with E-state index in [9.17, 15) is 0 Å². The van der Waals surface area contributed by atoms with Crippen LogP contribution in [0.15, 0.2) is 76.9 Å². The van der Waals surface area contributed by atoms with Crippen molar-refractivity contribution < 1.29 is 9.47 Å². The number of rotatable bonds is 3. The van der Waals surface area contributed by atoms with Gasteiger partial charge in [0.1, 0.15) is 17.6 Å². The van der Waals surface area contributed by atoms with Crippen molar-refractivity contribution in [2.45, 2.75) is 121 Å². The average Bonchev–Trinajstić information content (AvgIpc) is 3.74. The molecular weight excluding hydrogens is 701 g/mol. The molecule has 6 atom stereocenters. The van der Waals surface area contributed by atoms with E-state index in [-0.39, 0.29) is 11.5 Å². The fraction of sp³-hybridized carbons (Fsp3) is 0.458. The van der Waals surface area contributed by atoms with Crippen LogP contribution in [-0.2, 0) is 29.5 Å². The zero-order chi connectivity index (χ0) is 36.1. The fourth-order valence-electron chi connectivity index (χ4n) is 12.1. The van der Waals surface area contributed by atoms with Crippen LogP contribution in [0, 0.1) is 18.8 Å². The first kappa shape index (κ1) is 33.7. The molecule has 0 amide bonds. The molecule has 3 aliphatic heterocycles. The van der Waals surface area contributed by atoms with Crippen LogP contribution in [0.4, 0.5) is 0 Å². The van der Waals surface area contributed by atoms with Crippen molar-refractivity contribution in [3.05, 3.63) is 130 Å². The highest BCUT2D eigenvalue weighted by molar-refractivity contribution is 7.13. The Morgan fingerprint density at radius 1 is 0.944 bits per heavy atom. The molecule has 0 saturated carbocycles. The molecule has 4 nitrogen and oxygen atoms in total. The van der Waals surface area contributed by atoms with Crippen LogP contribution >= 0.6 is 22.7 Å². The summed E-state index contributed by atoms with van der Waals surface area (Å²) in [5.74, 6) is 5.73. The van der Waals surface area contributed by atoms with E-state index in [2.05, 4.69) is 85.2 Å². The summed E-state index contributed by atoms with van der Waals surface area (Å²) < 4.78 is 14.5. The number of nitrogens with one attached hydrogen (secondary N) is 1. The maximum absolute atomic E-state index is 7.28. The van der Waals surface area contributed by atoms with E-state index in [4.69, 9.17) is 15.2 Å². The third kappa shape index (κ3) is 4.94. The van der Waals surface area contributed by atoms with Crippen LogP contribution in [0.3, 0.4) is 0 Å². The Kier molecular flexibility index (Phi) is 8.12. The second-order valence-corrected chi connectivity index (χ2v) is 19.8. The average molecular weight is 753 g/mol. The minimum atomic E-state index is -0.293. The van der Waals surface area contributed by atoms with E-state index in [1.807, 2.05) is 11.3 Å². The molecule has 5 heterocycles. The summed E-state index contributed by atoms with van der Waals surface area (Å²) >= 11 is 4.01. The van der Waals surface area contributed by atoms with E-state index >= 15 is 0 Å². The molecule has 0 radical (unpaired) electrons. The summed E-state index contributed by atoms with van der Waals surface area (Å²) in [4.78, 5) is 6.02. The first-order chi connectivity index (χ1) is 26.5. The number of allylic oxidation sites excluding steroid dienone is 7. The zero-order valence-corrected chi connectivity index (χ0v) is 33.4. The minimum absolute atomic E-state index is 0.0527. The molecule has 0 bridgehead atoms. The van der Waals surface area contributed by atoms with Gasteiger partial charge in [0.15, 0.2) is 0 Å². The van der Waals surface area contributed by atoms with E-state index in [0.29, 0.717) is 23.7 Å². The Morgan fingerprint density at radius 3 is 2.81 bits per heavy atom. The normalized spacial score (nSPS) is 30.8. The van der Waals surface area contributed by atoms with Gasteiger partial charge in [-0.2, -0.15) is 0 Å². The quantitative estimate of drug-likeness (QED) is 0.280. The highest BCUT2D eigenvalue weighted by atomic mass is 32.1. The molecule has 3 aromatic rings.